The predicted molar refractivity (Wildman–Crippen MR) is 96.7 cm³/mol. The number of nitrogens with zero attached hydrogens (tertiary/aromatic N) is 2. The van der Waals surface area contributed by atoms with E-state index in [1.165, 1.54) is 6.07 Å². The van der Waals surface area contributed by atoms with E-state index >= 15 is 0 Å². The van der Waals surface area contributed by atoms with E-state index in [4.69, 9.17) is 4.74 Å². The number of ether oxygens (including phenoxy) is 1. The van der Waals surface area contributed by atoms with Gasteiger partial charge in [-0.05, 0) is 24.3 Å². The molecule has 0 bridgehead atoms. The second-order valence-electron chi connectivity index (χ2n) is 5.87. The molecule has 0 spiro atoms. The lowest BCUT2D eigenvalue weighted by molar-refractivity contribution is -0.129. The lowest BCUT2D eigenvalue weighted by Gasteiger charge is -2.36. The number of para-hydroxylation sites is 3. The highest BCUT2D eigenvalue weighted by atomic mass is 19.1. The quantitative estimate of drug-likeness (QED) is 0.906. The van der Waals surface area contributed by atoms with Crippen molar-refractivity contribution in [2.45, 2.75) is 0 Å². The first-order valence-electron chi connectivity index (χ1n) is 8.33. The van der Waals surface area contributed by atoms with Crippen LogP contribution in [0.25, 0.3) is 0 Å². The number of carbonyl (C=O) groups excluding carboxylic acids is 1. The summed E-state index contributed by atoms with van der Waals surface area (Å²) in [5.74, 6) is 0.513. The number of amides is 1. The van der Waals surface area contributed by atoms with Crippen LogP contribution in [-0.2, 0) is 4.79 Å². The molecule has 0 aliphatic carbocycles. The average Bonchev–Trinajstić information content (AvgIpc) is 2.67. The summed E-state index contributed by atoms with van der Waals surface area (Å²) in [5.41, 5.74) is 1.39. The monoisotopic (exact) mass is 343 g/mol. The Morgan fingerprint density at radius 3 is 2.48 bits per heavy atom. The van der Waals surface area contributed by atoms with E-state index in [2.05, 4.69) is 5.32 Å². The van der Waals surface area contributed by atoms with E-state index in [0.29, 0.717) is 37.6 Å². The number of nitrogens with one attached hydrogen (secondary N) is 1. The van der Waals surface area contributed by atoms with Crippen molar-refractivity contribution in [3.63, 3.8) is 0 Å². The summed E-state index contributed by atoms with van der Waals surface area (Å²) >= 11 is 0. The van der Waals surface area contributed by atoms with Gasteiger partial charge in [0.05, 0.1) is 25.0 Å². The first-order valence-corrected chi connectivity index (χ1v) is 8.33. The van der Waals surface area contributed by atoms with E-state index < -0.39 is 0 Å². The molecule has 1 aliphatic rings. The maximum atomic E-state index is 13.9. The van der Waals surface area contributed by atoms with Crippen LogP contribution in [-0.4, -0.2) is 50.6 Å². The zero-order valence-electron chi connectivity index (χ0n) is 14.2. The van der Waals surface area contributed by atoms with Gasteiger partial charge < -0.3 is 19.9 Å². The molecule has 6 heteroatoms. The summed E-state index contributed by atoms with van der Waals surface area (Å²) in [5, 5.41) is 3.12. The molecule has 1 N–H and O–H groups in total. The van der Waals surface area contributed by atoms with E-state index in [-0.39, 0.29) is 18.3 Å². The number of hydrogen-bond donors (Lipinski definition) is 1. The maximum Gasteiger partial charge on any atom is 0.241 e. The third-order valence-electron chi connectivity index (χ3n) is 4.36. The molecule has 1 aliphatic heterocycles. The highest BCUT2D eigenvalue weighted by Gasteiger charge is 2.22. The molecule has 0 aromatic heterocycles. The highest BCUT2D eigenvalue weighted by molar-refractivity contribution is 5.81. The van der Waals surface area contributed by atoms with Gasteiger partial charge in [-0.15, -0.1) is 0 Å². The Morgan fingerprint density at radius 1 is 1.08 bits per heavy atom. The lowest BCUT2D eigenvalue weighted by Crippen LogP contribution is -2.50. The van der Waals surface area contributed by atoms with Gasteiger partial charge in [0.25, 0.3) is 0 Å². The molecule has 0 saturated carbocycles. The SMILES string of the molecule is COc1ccccc1NCC(=O)N1CCN(c2ccccc2F)CC1. The van der Waals surface area contributed by atoms with Crippen LogP contribution in [0.4, 0.5) is 15.8 Å². The number of anilines is 2. The molecule has 0 unspecified atom stereocenters. The third kappa shape index (κ3) is 4.02. The number of hydrogen-bond acceptors (Lipinski definition) is 4. The number of benzene rings is 2. The van der Waals surface area contributed by atoms with Crippen molar-refractivity contribution in [2.75, 3.05) is 50.1 Å². The third-order valence-corrected chi connectivity index (χ3v) is 4.36. The number of carbonyl (C=O) groups is 1. The summed E-state index contributed by atoms with van der Waals surface area (Å²) in [4.78, 5) is 16.2. The zero-order valence-corrected chi connectivity index (χ0v) is 14.2. The van der Waals surface area contributed by atoms with Gasteiger partial charge in [0.2, 0.25) is 5.91 Å². The molecule has 1 amide bonds. The van der Waals surface area contributed by atoms with Gasteiger partial charge in [0, 0.05) is 26.2 Å². The second kappa shape index (κ2) is 7.88. The van der Waals surface area contributed by atoms with Crippen molar-refractivity contribution >= 4 is 17.3 Å². The summed E-state index contributed by atoms with van der Waals surface area (Å²) < 4.78 is 19.1. The van der Waals surface area contributed by atoms with Gasteiger partial charge in [0.1, 0.15) is 11.6 Å². The summed E-state index contributed by atoms with van der Waals surface area (Å²) in [6.07, 6.45) is 0. The van der Waals surface area contributed by atoms with Crippen LogP contribution in [0.1, 0.15) is 0 Å². The van der Waals surface area contributed by atoms with Crippen LogP contribution >= 0.6 is 0 Å². The molecule has 1 heterocycles. The molecule has 0 radical (unpaired) electrons. The number of rotatable bonds is 5. The first-order chi connectivity index (χ1) is 12.2. The van der Waals surface area contributed by atoms with Crippen molar-refractivity contribution in [1.82, 2.24) is 4.90 Å². The lowest BCUT2D eigenvalue weighted by atomic mass is 10.2. The van der Waals surface area contributed by atoms with Crippen LogP contribution < -0.4 is 15.0 Å². The molecular formula is C19H22FN3O2. The Bertz CT molecular complexity index is 730. The molecule has 2 aromatic carbocycles. The topological polar surface area (TPSA) is 44.8 Å². The van der Waals surface area contributed by atoms with Gasteiger partial charge in [-0.3, -0.25) is 4.79 Å². The molecule has 0 atom stereocenters. The Kier molecular flexibility index (Phi) is 5.38. The number of methoxy groups -OCH3 is 1. The number of piperazine rings is 1. The van der Waals surface area contributed by atoms with Crippen LogP contribution in [0.2, 0.25) is 0 Å². The Morgan fingerprint density at radius 2 is 1.76 bits per heavy atom. The van der Waals surface area contributed by atoms with E-state index in [0.717, 1.165) is 5.69 Å². The molecule has 5 nitrogen and oxygen atoms in total. The van der Waals surface area contributed by atoms with Crippen molar-refractivity contribution in [2.24, 2.45) is 0 Å². The Labute approximate surface area is 147 Å². The van der Waals surface area contributed by atoms with Gasteiger partial charge in [0.15, 0.2) is 0 Å². The summed E-state index contributed by atoms with van der Waals surface area (Å²) in [7, 11) is 1.60. The van der Waals surface area contributed by atoms with Crippen molar-refractivity contribution in [1.29, 1.82) is 0 Å². The Balaban J connectivity index is 1.53. The molecule has 2 aromatic rings. The van der Waals surface area contributed by atoms with E-state index in [1.807, 2.05) is 35.2 Å². The van der Waals surface area contributed by atoms with E-state index in [9.17, 15) is 9.18 Å². The normalized spacial score (nSPS) is 14.3. The fourth-order valence-corrected chi connectivity index (χ4v) is 2.98. The molecule has 132 valence electrons. The molecular weight excluding hydrogens is 321 g/mol. The zero-order chi connectivity index (χ0) is 17.6. The van der Waals surface area contributed by atoms with Gasteiger partial charge >= 0.3 is 0 Å². The van der Waals surface area contributed by atoms with Crippen molar-refractivity contribution < 1.29 is 13.9 Å². The van der Waals surface area contributed by atoms with Gasteiger partial charge in [-0.1, -0.05) is 24.3 Å². The Hall–Kier alpha value is -2.76. The molecule has 3 rings (SSSR count). The highest BCUT2D eigenvalue weighted by Crippen LogP contribution is 2.23. The minimum Gasteiger partial charge on any atom is -0.495 e. The van der Waals surface area contributed by atoms with Crippen LogP contribution in [0.3, 0.4) is 0 Å². The fraction of sp³-hybridized carbons (Fsp3) is 0.316. The second-order valence-corrected chi connectivity index (χ2v) is 5.87. The predicted octanol–water partition coefficient (Wildman–Crippen LogP) is 2.60. The summed E-state index contributed by atoms with van der Waals surface area (Å²) in [6, 6.07) is 14.2. The maximum absolute atomic E-state index is 13.9. The first kappa shape index (κ1) is 17.1. The van der Waals surface area contributed by atoms with Gasteiger partial charge in [-0.2, -0.15) is 0 Å². The molecule has 25 heavy (non-hydrogen) atoms. The number of halogens is 1. The standard InChI is InChI=1S/C19H22FN3O2/c1-25-18-9-5-3-7-16(18)21-14-19(24)23-12-10-22(11-13-23)17-8-4-2-6-15(17)20/h2-9,21H,10-14H2,1H3. The van der Waals surface area contributed by atoms with Crippen LogP contribution in [0, 0.1) is 5.82 Å². The summed E-state index contributed by atoms with van der Waals surface area (Å²) in [6.45, 7) is 2.63. The smallest absolute Gasteiger partial charge is 0.241 e. The van der Waals surface area contributed by atoms with E-state index in [1.54, 1.807) is 24.1 Å². The van der Waals surface area contributed by atoms with Crippen LogP contribution in [0.5, 0.6) is 5.75 Å². The fourth-order valence-electron chi connectivity index (χ4n) is 2.98. The van der Waals surface area contributed by atoms with Crippen molar-refractivity contribution in [3.05, 3.63) is 54.3 Å². The minimum atomic E-state index is -0.222. The molecule has 1 saturated heterocycles. The van der Waals surface area contributed by atoms with Gasteiger partial charge in [-0.25, -0.2) is 4.39 Å². The molecule has 1 fully saturated rings. The average molecular weight is 343 g/mol. The largest absolute Gasteiger partial charge is 0.495 e. The minimum absolute atomic E-state index is 0.0269. The van der Waals surface area contributed by atoms with Crippen molar-refractivity contribution in [3.8, 4) is 5.75 Å². The van der Waals surface area contributed by atoms with Crippen LogP contribution in [0.15, 0.2) is 48.5 Å².